The molecule has 0 saturated heterocycles. The summed E-state index contributed by atoms with van der Waals surface area (Å²) in [4.78, 5) is 10.3. The highest BCUT2D eigenvalue weighted by atomic mass is 19.3. The Morgan fingerprint density at radius 3 is 2.09 bits per heavy atom. The molecule has 2 aromatic rings. The normalized spacial score (nSPS) is 12.0. The number of hydrogen-bond acceptors (Lipinski definition) is 1. The molecule has 0 radical (unpaired) electrons. The first kappa shape index (κ1) is 16.0. The average molecular weight is 311 g/mol. The first-order valence-corrected chi connectivity index (χ1v) is 6.48. The third-order valence-corrected chi connectivity index (χ3v) is 3.26. The molecule has 0 aromatic heterocycles. The van der Waals surface area contributed by atoms with Gasteiger partial charge in [0, 0.05) is 17.7 Å². The van der Waals surface area contributed by atoms with E-state index in [2.05, 4.69) is 5.32 Å². The summed E-state index contributed by atoms with van der Waals surface area (Å²) in [6, 6.07) is 10.9. The van der Waals surface area contributed by atoms with Crippen molar-refractivity contribution >= 4 is 6.41 Å². The van der Waals surface area contributed by atoms with Crippen molar-refractivity contribution in [3.63, 3.8) is 0 Å². The molecule has 0 heterocycles. The van der Waals surface area contributed by atoms with Gasteiger partial charge in [-0.3, -0.25) is 4.79 Å². The van der Waals surface area contributed by atoms with Gasteiger partial charge in [0.2, 0.25) is 6.41 Å². The second kappa shape index (κ2) is 6.17. The number of carbonyl (C=O) groups is 1. The molecule has 116 valence electrons. The Bertz CT molecular complexity index is 644. The smallest absolute Gasteiger partial charge is 0.340 e. The monoisotopic (exact) mass is 311 g/mol. The molecular formula is C16H13F4NO. The Morgan fingerprint density at radius 2 is 1.45 bits per heavy atom. The van der Waals surface area contributed by atoms with Crippen LogP contribution in [0.1, 0.15) is 16.7 Å². The van der Waals surface area contributed by atoms with Crippen molar-refractivity contribution in [1.29, 1.82) is 0 Å². The summed E-state index contributed by atoms with van der Waals surface area (Å²) in [5.41, 5.74) is -1.63. The third kappa shape index (κ3) is 2.81. The van der Waals surface area contributed by atoms with Gasteiger partial charge in [0.05, 0.1) is 0 Å². The minimum absolute atomic E-state index is 0.0600. The van der Waals surface area contributed by atoms with E-state index >= 15 is 0 Å². The van der Waals surface area contributed by atoms with Crippen LogP contribution < -0.4 is 5.32 Å². The maximum atomic E-state index is 14.4. The topological polar surface area (TPSA) is 29.1 Å². The minimum atomic E-state index is -4.41. The SMILES string of the molecule is O=CNCc1ccccc1C(F)(F)C(F)(F)c1ccccc1. The molecule has 0 aliphatic carbocycles. The van der Waals surface area contributed by atoms with Crippen molar-refractivity contribution in [1.82, 2.24) is 5.32 Å². The van der Waals surface area contributed by atoms with Gasteiger partial charge < -0.3 is 5.32 Å². The van der Waals surface area contributed by atoms with E-state index in [0.717, 1.165) is 18.2 Å². The van der Waals surface area contributed by atoms with Crippen LogP contribution in [0, 0.1) is 0 Å². The third-order valence-electron chi connectivity index (χ3n) is 3.26. The maximum Gasteiger partial charge on any atom is 0.340 e. The van der Waals surface area contributed by atoms with Gasteiger partial charge in [0.15, 0.2) is 0 Å². The van der Waals surface area contributed by atoms with Crippen LogP contribution in [0.2, 0.25) is 0 Å². The molecule has 1 amide bonds. The van der Waals surface area contributed by atoms with E-state index in [1.165, 1.54) is 36.4 Å². The van der Waals surface area contributed by atoms with E-state index in [4.69, 9.17) is 0 Å². The highest BCUT2D eigenvalue weighted by Gasteiger charge is 2.59. The van der Waals surface area contributed by atoms with Gasteiger partial charge in [0.1, 0.15) is 0 Å². The molecule has 2 nitrogen and oxygen atoms in total. The number of halogens is 4. The molecule has 0 aliphatic heterocycles. The quantitative estimate of drug-likeness (QED) is 0.638. The lowest BCUT2D eigenvalue weighted by atomic mass is 9.92. The van der Waals surface area contributed by atoms with Crippen LogP contribution in [0.3, 0.4) is 0 Å². The highest BCUT2D eigenvalue weighted by molar-refractivity contribution is 5.47. The summed E-state index contributed by atoms with van der Waals surface area (Å²) in [6.07, 6.45) is 0.324. The lowest BCUT2D eigenvalue weighted by Crippen LogP contribution is -2.36. The molecule has 0 bridgehead atoms. The molecule has 0 aliphatic rings. The number of carbonyl (C=O) groups excluding carboxylic acids is 1. The van der Waals surface area contributed by atoms with E-state index < -0.39 is 23.0 Å². The second-order valence-corrected chi connectivity index (χ2v) is 4.67. The Hall–Kier alpha value is -2.37. The fourth-order valence-electron chi connectivity index (χ4n) is 2.13. The van der Waals surface area contributed by atoms with E-state index in [1.54, 1.807) is 0 Å². The van der Waals surface area contributed by atoms with Gasteiger partial charge in [-0.2, -0.15) is 17.6 Å². The molecule has 0 fully saturated rings. The van der Waals surface area contributed by atoms with E-state index in [0.29, 0.717) is 6.41 Å². The predicted octanol–water partition coefficient (Wildman–Crippen LogP) is 3.82. The van der Waals surface area contributed by atoms with Gasteiger partial charge in [-0.25, -0.2) is 0 Å². The Labute approximate surface area is 124 Å². The summed E-state index contributed by atoms with van der Waals surface area (Å²) >= 11 is 0. The van der Waals surface area contributed by atoms with Gasteiger partial charge in [0.25, 0.3) is 0 Å². The van der Waals surface area contributed by atoms with Crippen LogP contribution in [0.4, 0.5) is 17.6 Å². The Morgan fingerprint density at radius 1 is 0.864 bits per heavy atom. The molecule has 0 saturated carbocycles. The number of nitrogens with one attached hydrogen (secondary N) is 1. The lowest BCUT2D eigenvalue weighted by Gasteiger charge is -2.28. The van der Waals surface area contributed by atoms with Gasteiger partial charge >= 0.3 is 11.8 Å². The van der Waals surface area contributed by atoms with Crippen LogP contribution in [0.15, 0.2) is 54.6 Å². The summed E-state index contributed by atoms with van der Waals surface area (Å²) < 4.78 is 57.4. The molecule has 2 aromatic carbocycles. The number of alkyl halides is 4. The summed E-state index contributed by atoms with van der Waals surface area (Å²) in [5.74, 6) is -8.78. The lowest BCUT2D eigenvalue weighted by molar-refractivity contribution is -0.224. The van der Waals surface area contributed by atoms with Crippen molar-refractivity contribution in [2.45, 2.75) is 18.4 Å². The molecule has 0 unspecified atom stereocenters. The van der Waals surface area contributed by atoms with Gasteiger partial charge in [-0.05, 0) is 5.56 Å². The number of hydrogen-bond donors (Lipinski definition) is 1. The van der Waals surface area contributed by atoms with Crippen molar-refractivity contribution < 1.29 is 22.4 Å². The second-order valence-electron chi connectivity index (χ2n) is 4.67. The van der Waals surface area contributed by atoms with E-state index in [9.17, 15) is 22.4 Å². The van der Waals surface area contributed by atoms with Crippen molar-refractivity contribution in [3.05, 3.63) is 71.3 Å². The van der Waals surface area contributed by atoms with Gasteiger partial charge in [-0.1, -0.05) is 54.6 Å². The summed E-state index contributed by atoms with van der Waals surface area (Å²) in [5, 5.41) is 2.21. The van der Waals surface area contributed by atoms with Gasteiger partial charge in [-0.15, -0.1) is 0 Å². The van der Waals surface area contributed by atoms with Crippen LogP contribution in [-0.4, -0.2) is 6.41 Å². The molecule has 1 N–H and O–H groups in total. The zero-order chi connectivity index (χ0) is 16.2. The molecular weight excluding hydrogens is 298 g/mol. The highest BCUT2D eigenvalue weighted by Crippen LogP contribution is 2.50. The minimum Gasteiger partial charge on any atom is -0.355 e. The zero-order valence-electron chi connectivity index (χ0n) is 11.4. The Balaban J connectivity index is 2.48. The average Bonchev–Trinajstić information content (AvgIpc) is 2.53. The maximum absolute atomic E-state index is 14.4. The number of amides is 1. The zero-order valence-corrected chi connectivity index (χ0v) is 11.4. The largest absolute Gasteiger partial charge is 0.355 e. The fraction of sp³-hybridized carbons (Fsp3) is 0.188. The number of rotatable bonds is 6. The van der Waals surface area contributed by atoms with E-state index in [1.807, 2.05) is 0 Å². The van der Waals surface area contributed by atoms with Crippen molar-refractivity contribution in [3.8, 4) is 0 Å². The van der Waals surface area contributed by atoms with Crippen molar-refractivity contribution in [2.75, 3.05) is 0 Å². The van der Waals surface area contributed by atoms with Crippen LogP contribution in [0.25, 0.3) is 0 Å². The van der Waals surface area contributed by atoms with Crippen molar-refractivity contribution in [2.24, 2.45) is 0 Å². The summed E-state index contributed by atoms with van der Waals surface area (Å²) in [7, 11) is 0. The summed E-state index contributed by atoms with van der Waals surface area (Å²) in [6.45, 7) is -0.250. The fourth-order valence-corrected chi connectivity index (χ4v) is 2.13. The predicted molar refractivity (Wildman–Crippen MR) is 73.6 cm³/mol. The first-order valence-electron chi connectivity index (χ1n) is 6.48. The van der Waals surface area contributed by atoms with Crippen LogP contribution in [-0.2, 0) is 23.2 Å². The molecule has 0 atom stereocenters. The Kier molecular flexibility index (Phi) is 4.49. The van der Waals surface area contributed by atoms with Crippen LogP contribution >= 0.6 is 0 Å². The van der Waals surface area contributed by atoms with Crippen LogP contribution in [0.5, 0.6) is 0 Å². The first-order chi connectivity index (χ1) is 10.4. The molecule has 6 heteroatoms. The number of benzene rings is 2. The molecule has 22 heavy (non-hydrogen) atoms. The molecule has 2 rings (SSSR count). The molecule has 0 spiro atoms. The van der Waals surface area contributed by atoms with E-state index in [-0.39, 0.29) is 12.1 Å². The standard InChI is InChI=1S/C16H13F4NO/c17-15(18,13-7-2-1-3-8-13)16(19,20)14-9-5-4-6-12(14)10-21-11-22/h1-9,11H,10H2,(H,21,22).